The summed E-state index contributed by atoms with van der Waals surface area (Å²) in [5.41, 5.74) is 9.28. The lowest BCUT2D eigenvalue weighted by molar-refractivity contribution is 0.242. The van der Waals surface area contributed by atoms with Crippen LogP contribution in [0, 0.1) is 0 Å². The Morgan fingerprint density at radius 1 is 1.25 bits per heavy atom. The summed E-state index contributed by atoms with van der Waals surface area (Å²) in [7, 11) is 0. The van der Waals surface area contributed by atoms with Gasteiger partial charge in [0.15, 0.2) is 0 Å². The molecule has 0 bridgehead atoms. The van der Waals surface area contributed by atoms with Crippen molar-refractivity contribution in [2.45, 2.75) is 52.1 Å². The highest BCUT2D eigenvalue weighted by Crippen LogP contribution is 2.24. The Hall–Kier alpha value is -1.64. The van der Waals surface area contributed by atoms with E-state index in [1.807, 2.05) is 32.0 Å². The first-order valence-corrected chi connectivity index (χ1v) is 7.62. The van der Waals surface area contributed by atoms with Crippen molar-refractivity contribution in [1.29, 1.82) is 0 Å². The number of allylic oxidation sites excluding steroid dienone is 1. The third-order valence-electron chi connectivity index (χ3n) is 3.46. The maximum atomic E-state index is 5.92. The van der Waals surface area contributed by atoms with Gasteiger partial charge >= 0.3 is 0 Å². The normalized spacial score (nSPS) is 15.1. The second-order valence-corrected chi connectivity index (χ2v) is 5.74. The van der Waals surface area contributed by atoms with Crippen LogP contribution in [0.4, 0.5) is 11.4 Å². The average molecular weight is 274 g/mol. The summed E-state index contributed by atoms with van der Waals surface area (Å²) in [6.45, 7) is 4.99. The molecule has 1 aliphatic rings. The molecular formula is C17H26N2O. The summed E-state index contributed by atoms with van der Waals surface area (Å²) in [6, 6.07) is 5.85. The fourth-order valence-corrected chi connectivity index (χ4v) is 2.56. The molecule has 3 nitrogen and oxygen atoms in total. The third kappa shape index (κ3) is 4.80. The molecule has 1 aliphatic carbocycles. The zero-order chi connectivity index (χ0) is 14.4. The molecule has 0 amide bonds. The minimum Gasteiger partial charge on any atom is -0.491 e. The number of anilines is 2. The van der Waals surface area contributed by atoms with Crippen LogP contribution in [0.15, 0.2) is 29.8 Å². The Morgan fingerprint density at radius 3 is 2.80 bits per heavy atom. The van der Waals surface area contributed by atoms with E-state index in [0.29, 0.717) is 0 Å². The molecule has 0 heterocycles. The highest BCUT2D eigenvalue weighted by Gasteiger charge is 2.05. The summed E-state index contributed by atoms with van der Waals surface area (Å²) < 4.78 is 5.70. The fourth-order valence-electron chi connectivity index (χ4n) is 2.56. The molecule has 110 valence electrons. The van der Waals surface area contributed by atoms with E-state index in [1.165, 1.54) is 25.7 Å². The van der Waals surface area contributed by atoms with Crippen molar-refractivity contribution in [2.75, 3.05) is 17.6 Å². The molecule has 0 unspecified atom stereocenters. The van der Waals surface area contributed by atoms with Crippen LogP contribution in [0.1, 0.15) is 46.0 Å². The first-order valence-electron chi connectivity index (χ1n) is 7.62. The van der Waals surface area contributed by atoms with Crippen molar-refractivity contribution in [2.24, 2.45) is 0 Å². The maximum Gasteiger partial charge on any atom is 0.123 e. The molecule has 20 heavy (non-hydrogen) atoms. The van der Waals surface area contributed by atoms with E-state index in [9.17, 15) is 0 Å². The second kappa shape index (κ2) is 7.22. The number of nitrogen functional groups attached to an aromatic ring is 1. The van der Waals surface area contributed by atoms with E-state index < -0.39 is 0 Å². The van der Waals surface area contributed by atoms with Gasteiger partial charge in [0.05, 0.1) is 6.10 Å². The lowest BCUT2D eigenvalue weighted by atomic mass is 9.97. The summed E-state index contributed by atoms with van der Waals surface area (Å²) >= 11 is 0. The zero-order valence-electron chi connectivity index (χ0n) is 12.6. The lowest BCUT2D eigenvalue weighted by Gasteiger charge is -2.15. The molecule has 0 spiro atoms. The van der Waals surface area contributed by atoms with Gasteiger partial charge in [-0.3, -0.25) is 0 Å². The Bertz CT molecular complexity index is 466. The monoisotopic (exact) mass is 274 g/mol. The first kappa shape index (κ1) is 14.8. The first-order chi connectivity index (χ1) is 9.63. The van der Waals surface area contributed by atoms with Crippen LogP contribution < -0.4 is 15.8 Å². The fraction of sp³-hybridized carbons (Fsp3) is 0.529. The SMILES string of the molecule is CC(C)Oc1cc(N)cc(NCCC2=CCCCC2)c1. The predicted molar refractivity (Wildman–Crippen MR) is 86.3 cm³/mol. The third-order valence-corrected chi connectivity index (χ3v) is 3.46. The van der Waals surface area contributed by atoms with Crippen LogP contribution in [0.2, 0.25) is 0 Å². The van der Waals surface area contributed by atoms with E-state index in [0.717, 1.165) is 30.1 Å². The molecule has 3 N–H and O–H groups in total. The van der Waals surface area contributed by atoms with E-state index in [4.69, 9.17) is 10.5 Å². The van der Waals surface area contributed by atoms with Gasteiger partial charge < -0.3 is 15.8 Å². The molecular weight excluding hydrogens is 248 g/mol. The van der Waals surface area contributed by atoms with E-state index >= 15 is 0 Å². The van der Waals surface area contributed by atoms with Gasteiger partial charge in [-0.15, -0.1) is 0 Å². The summed E-state index contributed by atoms with van der Waals surface area (Å²) in [4.78, 5) is 0. The van der Waals surface area contributed by atoms with E-state index in [1.54, 1.807) is 5.57 Å². The Kier molecular flexibility index (Phi) is 5.33. The van der Waals surface area contributed by atoms with Crippen LogP contribution >= 0.6 is 0 Å². The van der Waals surface area contributed by atoms with Gasteiger partial charge in [0, 0.05) is 30.1 Å². The van der Waals surface area contributed by atoms with E-state index in [2.05, 4.69) is 11.4 Å². The van der Waals surface area contributed by atoms with Crippen LogP contribution in [0.5, 0.6) is 5.75 Å². The number of hydrogen-bond acceptors (Lipinski definition) is 3. The summed E-state index contributed by atoms with van der Waals surface area (Å²) in [6.07, 6.45) is 8.89. The van der Waals surface area contributed by atoms with Gasteiger partial charge in [-0.1, -0.05) is 11.6 Å². The zero-order valence-corrected chi connectivity index (χ0v) is 12.6. The lowest BCUT2D eigenvalue weighted by Crippen LogP contribution is -2.08. The molecule has 0 aliphatic heterocycles. The molecule has 2 rings (SSSR count). The van der Waals surface area contributed by atoms with Gasteiger partial charge in [0.25, 0.3) is 0 Å². The standard InChI is InChI=1S/C17H26N2O/c1-13(2)20-17-11-15(18)10-16(12-17)19-9-8-14-6-4-3-5-7-14/h6,10-13,19H,3-5,7-9,18H2,1-2H3. The number of hydrogen-bond donors (Lipinski definition) is 2. The van der Waals surface area contributed by atoms with Gasteiger partial charge in [-0.05, 0) is 52.0 Å². The van der Waals surface area contributed by atoms with Crippen LogP contribution in [-0.2, 0) is 0 Å². The number of nitrogens with one attached hydrogen (secondary N) is 1. The van der Waals surface area contributed by atoms with Crippen molar-refractivity contribution >= 4 is 11.4 Å². The molecule has 0 fully saturated rings. The smallest absolute Gasteiger partial charge is 0.123 e. The van der Waals surface area contributed by atoms with Crippen LogP contribution in [-0.4, -0.2) is 12.6 Å². The minimum atomic E-state index is 0.164. The summed E-state index contributed by atoms with van der Waals surface area (Å²) in [5, 5.41) is 3.45. The molecule has 0 saturated heterocycles. The molecule has 0 saturated carbocycles. The topological polar surface area (TPSA) is 47.3 Å². The van der Waals surface area contributed by atoms with Gasteiger partial charge in [0.1, 0.15) is 5.75 Å². The van der Waals surface area contributed by atoms with Gasteiger partial charge in [-0.2, -0.15) is 0 Å². The Morgan fingerprint density at radius 2 is 2.10 bits per heavy atom. The van der Waals surface area contributed by atoms with Crippen molar-refractivity contribution < 1.29 is 4.74 Å². The Balaban J connectivity index is 1.88. The quantitative estimate of drug-likeness (QED) is 0.598. The van der Waals surface area contributed by atoms with Gasteiger partial charge in [0.2, 0.25) is 0 Å². The average Bonchev–Trinajstić information content (AvgIpc) is 2.38. The molecule has 1 aromatic rings. The van der Waals surface area contributed by atoms with Crippen molar-refractivity contribution in [3.8, 4) is 5.75 Å². The Labute approximate surface area is 122 Å². The number of benzene rings is 1. The number of rotatable bonds is 6. The number of ether oxygens (including phenoxy) is 1. The largest absolute Gasteiger partial charge is 0.491 e. The second-order valence-electron chi connectivity index (χ2n) is 5.74. The van der Waals surface area contributed by atoms with Crippen molar-refractivity contribution in [3.63, 3.8) is 0 Å². The van der Waals surface area contributed by atoms with Crippen molar-refractivity contribution in [1.82, 2.24) is 0 Å². The highest BCUT2D eigenvalue weighted by atomic mass is 16.5. The van der Waals surface area contributed by atoms with Gasteiger partial charge in [-0.25, -0.2) is 0 Å². The molecule has 3 heteroatoms. The summed E-state index contributed by atoms with van der Waals surface area (Å²) in [5.74, 6) is 0.833. The highest BCUT2D eigenvalue weighted by molar-refractivity contribution is 5.59. The molecule has 0 radical (unpaired) electrons. The van der Waals surface area contributed by atoms with Crippen molar-refractivity contribution in [3.05, 3.63) is 29.8 Å². The molecule has 1 aromatic carbocycles. The maximum absolute atomic E-state index is 5.92. The van der Waals surface area contributed by atoms with E-state index in [-0.39, 0.29) is 6.10 Å². The van der Waals surface area contributed by atoms with Crippen LogP contribution in [0.3, 0.4) is 0 Å². The van der Waals surface area contributed by atoms with Crippen LogP contribution in [0.25, 0.3) is 0 Å². The number of nitrogens with two attached hydrogens (primary N) is 1. The predicted octanol–water partition coefficient (Wildman–Crippen LogP) is 4.36. The minimum absolute atomic E-state index is 0.164. The molecule has 0 aromatic heterocycles. The molecule has 0 atom stereocenters.